The molecule has 3 rings (SSSR count). The Hall–Kier alpha value is -0.260. The lowest BCUT2D eigenvalue weighted by molar-refractivity contribution is 0.583. The van der Waals surface area contributed by atoms with Crippen molar-refractivity contribution in [3.05, 3.63) is 55.2 Å². The topological polar surface area (TPSA) is 0 Å². The maximum atomic E-state index is 13.9. The number of benzene rings is 1. The first-order valence-electron chi connectivity index (χ1n) is 5.96. The van der Waals surface area contributed by atoms with E-state index in [4.69, 9.17) is 0 Å². The van der Waals surface area contributed by atoms with Gasteiger partial charge < -0.3 is 0 Å². The second-order valence-corrected chi connectivity index (χ2v) is 7.54. The summed E-state index contributed by atoms with van der Waals surface area (Å²) in [5, 5.41) is 0. The zero-order valence-electron chi connectivity index (χ0n) is 9.85. The van der Waals surface area contributed by atoms with Crippen LogP contribution in [-0.2, 0) is 12.8 Å². The van der Waals surface area contributed by atoms with Gasteiger partial charge in [-0.1, -0.05) is 15.9 Å². The quantitative estimate of drug-likeness (QED) is 0.438. The molecule has 1 aliphatic rings. The molecule has 1 heterocycles. The molecule has 0 bridgehead atoms. The van der Waals surface area contributed by atoms with E-state index in [0.29, 0.717) is 5.56 Å². The molecule has 0 radical (unpaired) electrons. The molecule has 1 aliphatic carbocycles. The van der Waals surface area contributed by atoms with Gasteiger partial charge in [0.25, 0.3) is 0 Å². The Bertz CT molecular complexity index is 615. The highest BCUT2D eigenvalue weighted by Gasteiger charge is 2.22. The molecule has 1 atom stereocenters. The molecule has 19 heavy (non-hydrogen) atoms. The summed E-state index contributed by atoms with van der Waals surface area (Å²) in [5.41, 5.74) is 1.71. The van der Waals surface area contributed by atoms with Crippen LogP contribution in [0.3, 0.4) is 0 Å². The van der Waals surface area contributed by atoms with E-state index in [2.05, 4.69) is 37.9 Å². The van der Waals surface area contributed by atoms with Gasteiger partial charge in [0, 0.05) is 15.3 Å². The molecule has 0 N–H and O–H groups in total. The van der Waals surface area contributed by atoms with E-state index in [9.17, 15) is 8.78 Å². The minimum atomic E-state index is -0.440. The molecule has 1 unspecified atom stereocenters. The van der Waals surface area contributed by atoms with E-state index in [0.717, 1.165) is 17.7 Å². The third-order valence-corrected chi connectivity index (χ3v) is 6.53. The number of hydrogen-bond acceptors (Lipinski definition) is 1. The van der Waals surface area contributed by atoms with E-state index in [1.165, 1.54) is 29.0 Å². The van der Waals surface area contributed by atoms with Crippen LogP contribution >= 0.6 is 43.2 Å². The molecule has 1 aromatic heterocycles. The minimum Gasteiger partial charge on any atom is -0.207 e. The average molecular weight is 408 g/mol. The average Bonchev–Trinajstić information content (AvgIpc) is 2.93. The minimum absolute atomic E-state index is 0.155. The molecule has 0 spiro atoms. The van der Waals surface area contributed by atoms with Crippen molar-refractivity contribution in [3.8, 4) is 0 Å². The second kappa shape index (κ2) is 5.26. The first-order valence-corrected chi connectivity index (χ1v) is 8.49. The molecule has 0 fully saturated rings. The molecule has 1 aromatic carbocycles. The van der Waals surface area contributed by atoms with Crippen LogP contribution in [0.25, 0.3) is 0 Å². The zero-order valence-corrected chi connectivity index (χ0v) is 13.8. The van der Waals surface area contributed by atoms with Gasteiger partial charge in [-0.05, 0) is 59.0 Å². The van der Waals surface area contributed by atoms with Crippen LogP contribution in [0.15, 0.2) is 22.7 Å². The Morgan fingerprint density at radius 2 is 1.89 bits per heavy atom. The van der Waals surface area contributed by atoms with Gasteiger partial charge in [-0.3, -0.25) is 0 Å². The van der Waals surface area contributed by atoms with E-state index in [1.807, 2.05) is 0 Å². The molecule has 2 aromatic rings. The van der Waals surface area contributed by atoms with Crippen LogP contribution in [0.4, 0.5) is 8.78 Å². The number of halogens is 4. The van der Waals surface area contributed by atoms with Crippen molar-refractivity contribution in [1.29, 1.82) is 0 Å². The molecule has 5 heteroatoms. The lowest BCUT2D eigenvalue weighted by atomic mass is 10.1. The molecular weight excluding hydrogens is 398 g/mol. The van der Waals surface area contributed by atoms with Crippen LogP contribution in [0.2, 0.25) is 0 Å². The number of rotatable bonds is 2. The highest BCUT2D eigenvalue weighted by molar-refractivity contribution is 9.10. The summed E-state index contributed by atoms with van der Waals surface area (Å²) < 4.78 is 27.7. The Labute approximate surface area is 131 Å². The first-order chi connectivity index (χ1) is 9.06. The van der Waals surface area contributed by atoms with Crippen molar-refractivity contribution in [2.24, 2.45) is 0 Å². The Kier molecular flexibility index (Phi) is 3.80. The fourth-order valence-electron chi connectivity index (χ4n) is 2.36. The zero-order chi connectivity index (χ0) is 13.6. The lowest BCUT2D eigenvalue weighted by Gasteiger charge is -2.10. The Morgan fingerprint density at radius 1 is 1.11 bits per heavy atom. The normalized spacial score (nSPS) is 15.6. The number of alkyl halides is 1. The number of fused-ring (bicyclic) bond motifs is 1. The van der Waals surface area contributed by atoms with Crippen molar-refractivity contribution < 1.29 is 8.78 Å². The molecule has 0 saturated heterocycles. The predicted octanol–water partition coefficient (Wildman–Crippen LogP) is 5.76. The largest absolute Gasteiger partial charge is 0.207 e. The summed E-state index contributed by atoms with van der Waals surface area (Å²) in [6.45, 7) is 0. The maximum absolute atomic E-state index is 13.9. The van der Waals surface area contributed by atoms with Crippen LogP contribution in [-0.4, -0.2) is 0 Å². The van der Waals surface area contributed by atoms with Crippen molar-refractivity contribution in [2.75, 3.05) is 0 Å². The first kappa shape index (κ1) is 13.7. The number of thiophene rings is 1. The van der Waals surface area contributed by atoms with Crippen molar-refractivity contribution >= 4 is 43.2 Å². The van der Waals surface area contributed by atoms with E-state index in [-0.39, 0.29) is 9.30 Å². The van der Waals surface area contributed by atoms with Crippen molar-refractivity contribution in [2.45, 2.75) is 24.1 Å². The van der Waals surface area contributed by atoms with Gasteiger partial charge in [0.05, 0.1) is 9.30 Å². The maximum Gasteiger partial charge on any atom is 0.137 e. The summed E-state index contributed by atoms with van der Waals surface area (Å²) in [5.74, 6) is -0.839. The number of hydrogen-bond donors (Lipinski definition) is 0. The third-order valence-electron chi connectivity index (χ3n) is 3.33. The summed E-state index contributed by atoms with van der Waals surface area (Å²) in [4.78, 5) is 2.15. The Morgan fingerprint density at radius 3 is 2.63 bits per heavy atom. The molecule has 0 amide bonds. The highest BCUT2D eigenvalue weighted by Crippen LogP contribution is 2.41. The third kappa shape index (κ3) is 2.52. The molecular formula is C14H10Br2F2S. The van der Waals surface area contributed by atoms with Crippen molar-refractivity contribution in [1.82, 2.24) is 0 Å². The summed E-state index contributed by atoms with van der Waals surface area (Å²) in [7, 11) is 0. The van der Waals surface area contributed by atoms with Crippen LogP contribution in [0, 0.1) is 11.6 Å². The standard InChI is InChI=1S/C14H10Br2F2S/c15-9-6-10(17)8(5-11(9)18)14(16)13-4-7-2-1-3-12(7)19-13/h4-6,14H,1-3H2. The van der Waals surface area contributed by atoms with Crippen molar-refractivity contribution in [3.63, 3.8) is 0 Å². The summed E-state index contributed by atoms with van der Waals surface area (Å²) in [6, 6.07) is 4.55. The van der Waals surface area contributed by atoms with Gasteiger partial charge in [0.2, 0.25) is 0 Å². The van der Waals surface area contributed by atoms with E-state index < -0.39 is 11.6 Å². The van der Waals surface area contributed by atoms with Gasteiger partial charge in [0.1, 0.15) is 11.6 Å². The molecule has 0 nitrogen and oxygen atoms in total. The predicted molar refractivity (Wildman–Crippen MR) is 81.2 cm³/mol. The molecule has 100 valence electrons. The number of aryl methyl sites for hydroxylation is 2. The molecule has 0 aliphatic heterocycles. The highest BCUT2D eigenvalue weighted by atomic mass is 79.9. The second-order valence-electron chi connectivity index (χ2n) is 4.60. The fourth-order valence-corrected chi connectivity index (χ4v) is 4.70. The van der Waals surface area contributed by atoms with Crippen LogP contribution < -0.4 is 0 Å². The summed E-state index contributed by atoms with van der Waals surface area (Å²) >= 11 is 8.18. The SMILES string of the molecule is Fc1cc(C(Br)c2cc3c(s2)CCC3)c(F)cc1Br. The van der Waals surface area contributed by atoms with E-state index >= 15 is 0 Å². The van der Waals surface area contributed by atoms with Gasteiger partial charge >= 0.3 is 0 Å². The van der Waals surface area contributed by atoms with Crippen LogP contribution in [0.1, 0.15) is 32.1 Å². The fraction of sp³-hybridized carbons (Fsp3) is 0.286. The monoisotopic (exact) mass is 406 g/mol. The van der Waals surface area contributed by atoms with Gasteiger partial charge in [-0.25, -0.2) is 8.78 Å². The van der Waals surface area contributed by atoms with Gasteiger partial charge in [-0.2, -0.15) is 0 Å². The van der Waals surface area contributed by atoms with Gasteiger partial charge in [-0.15, -0.1) is 11.3 Å². The molecule has 0 saturated carbocycles. The smallest absolute Gasteiger partial charge is 0.137 e. The van der Waals surface area contributed by atoms with Gasteiger partial charge in [0.15, 0.2) is 0 Å². The Balaban J connectivity index is 1.99. The van der Waals surface area contributed by atoms with E-state index in [1.54, 1.807) is 11.3 Å². The summed E-state index contributed by atoms with van der Waals surface area (Å²) in [6.07, 6.45) is 3.41. The lowest BCUT2D eigenvalue weighted by Crippen LogP contribution is -1.97. The van der Waals surface area contributed by atoms with Crippen LogP contribution in [0.5, 0.6) is 0 Å².